The van der Waals surface area contributed by atoms with Gasteiger partial charge in [0.05, 0.1) is 17.1 Å². The Hall–Kier alpha value is -2.01. The lowest BCUT2D eigenvalue weighted by molar-refractivity contribution is -0.118. The maximum absolute atomic E-state index is 12.1. The molecule has 2 N–H and O–H groups in total. The number of nitrogens with zero attached hydrogens (tertiary/aromatic N) is 2. The standard InChI is InChI=1S/C14H16N4O/c19-14(12-3-1-2-6-15-12)18-10-4-5-11-13(9-10)17-8-7-16-11/h4-5,7-9,12,15H,1-3,6H2,(H,18,19)/t12-/m0/s1. The molecule has 1 aliphatic heterocycles. The molecule has 1 aromatic heterocycles. The third-order valence-electron chi connectivity index (χ3n) is 3.36. The van der Waals surface area contributed by atoms with Crippen molar-refractivity contribution in [1.82, 2.24) is 15.3 Å². The highest BCUT2D eigenvalue weighted by Gasteiger charge is 2.20. The van der Waals surface area contributed by atoms with E-state index in [0.29, 0.717) is 0 Å². The molecular formula is C14H16N4O. The van der Waals surface area contributed by atoms with Gasteiger partial charge in [0.15, 0.2) is 0 Å². The van der Waals surface area contributed by atoms with E-state index in [2.05, 4.69) is 20.6 Å². The first-order chi connectivity index (χ1) is 9.33. The summed E-state index contributed by atoms with van der Waals surface area (Å²) in [4.78, 5) is 20.5. The molecule has 5 nitrogen and oxygen atoms in total. The van der Waals surface area contributed by atoms with E-state index >= 15 is 0 Å². The van der Waals surface area contributed by atoms with Gasteiger partial charge in [0.2, 0.25) is 5.91 Å². The molecule has 1 atom stereocenters. The van der Waals surface area contributed by atoms with Crippen molar-refractivity contribution in [3.05, 3.63) is 30.6 Å². The van der Waals surface area contributed by atoms with Crippen LogP contribution >= 0.6 is 0 Å². The highest BCUT2D eigenvalue weighted by atomic mass is 16.2. The molecule has 1 aliphatic rings. The summed E-state index contributed by atoms with van der Waals surface area (Å²) in [6.07, 6.45) is 6.46. The average Bonchev–Trinajstić information content (AvgIpc) is 2.48. The van der Waals surface area contributed by atoms with E-state index in [1.54, 1.807) is 12.4 Å². The molecule has 0 aliphatic carbocycles. The van der Waals surface area contributed by atoms with Gasteiger partial charge in [-0.05, 0) is 37.6 Å². The number of amides is 1. The number of nitrogens with one attached hydrogen (secondary N) is 2. The van der Waals surface area contributed by atoms with Crippen LogP contribution in [0.25, 0.3) is 11.0 Å². The lowest BCUT2D eigenvalue weighted by Gasteiger charge is -2.22. The van der Waals surface area contributed by atoms with Gasteiger partial charge >= 0.3 is 0 Å². The van der Waals surface area contributed by atoms with Crippen LogP contribution in [0.5, 0.6) is 0 Å². The molecule has 0 unspecified atom stereocenters. The van der Waals surface area contributed by atoms with Crippen molar-refractivity contribution in [3.63, 3.8) is 0 Å². The summed E-state index contributed by atoms with van der Waals surface area (Å²) < 4.78 is 0. The van der Waals surface area contributed by atoms with Gasteiger partial charge in [-0.25, -0.2) is 0 Å². The van der Waals surface area contributed by atoms with Crippen LogP contribution in [0.2, 0.25) is 0 Å². The van der Waals surface area contributed by atoms with Crippen LogP contribution in [0.3, 0.4) is 0 Å². The van der Waals surface area contributed by atoms with Gasteiger partial charge in [0.25, 0.3) is 0 Å². The lowest BCUT2D eigenvalue weighted by atomic mass is 10.0. The monoisotopic (exact) mass is 256 g/mol. The minimum atomic E-state index is -0.0775. The Morgan fingerprint density at radius 1 is 1.21 bits per heavy atom. The normalized spacial score (nSPS) is 19.3. The molecule has 1 amide bonds. The van der Waals surface area contributed by atoms with Crippen molar-refractivity contribution in [2.45, 2.75) is 25.3 Å². The largest absolute Gasteiger partial charge is 0.325 e. The number of fused-ring (bicyclic) bond motifs is 1. The van der Waals surface area contributed by atoms with Gasteiger partial charge < -0.3 is 10.6 Å². The van der Waals surface area contributed by atoms with Crippen LogP contribution in [0.15, 0.2) is 30.6 Å². The third-order valence-corrected chi connectivity index (χ3v) is 3.36. The molecule has 19 heavy (non-hydrogen) atoms. The summed E-state index contributed by atoms with van der Waals surface area (Å²) >= 11 is 0. The van der Waals surface area contributed by atoms with E-state index in [9.17, 15) is 4.79 Å². The Morgan fingerprint density at radius 2 is 2.05 bits per heavy atom. The van der Waals surface area contributed by atoms with Crippen molar-refractivity contribution in [2.24, 2.45) is 0 Å². The summed E-state index contributed by atoms with van der Waals surface area (Å²) in [5.74, 6) is 0.0305. The van der Waals surface area contributed by atoms with Crippen LogP contribution in [-0.4, -0.2) is 28.5 Å². The number of hydrogen-bond donors (Lipinski definition) is 2. The topological polar surface area (TPSA) is 66.9 Å². The SMILES string of the molecule is O=C(Nc1ccc2nccnc2c1)[C@@H]1CCCCN1. The zero-order valence-electron chi connectivity index (χ0n) is 10.6. The Morgan fingerprint density at radius 3 is 2.84 bits per heavy atom. The number of hydrogen-bond acceptors (Lipinski definition) is 4. The first kappa shape index (κ1) is 12.0. The molecule has 1 aromatic carbocycles. The van der Waals surface area contributed by atoms with Crippen molar-refractivity contribution in [2.75, 3.05) is 11.9 Å². The molecule has 2 aromatic rings. The maximum Gasteiger partial charge on any atom is 0.241 e. The Labute approximate surface area is 111 Å². The molecule has 0 radical (unpaired) electrons. The molecule has 3 rings (SSSR count). The molecule has 0 bridgehead atoms. The minimum absolute atomic E-state index is 0.0305. The first-order valence-electron chi connectivity index (χ1n) is 6.58. The van der Waals surface area contributed by atoms with Crippen molar-refractivity contribution in [1.29, 1.82) is 0 Å². The molecule has 5 heteroatoms. The fourth-order valence-corrected chi connectivity index (χ4v) is 2.35. The summed E-state index contributed by atoms with van der Waals surface area (Å²) in [6, 6.07) is 5.50. The quantitative estimate of drug-likeness (QED) is 0.858. The smallest absolute Gasteiger partial charge is 0.241 e. The van der Waals surface area contributed by atoms with Crippen LogP contribution < -0.4 is 10.6 Å². The number of carbonyl (C=O) groups is 1. The van der Waals surface area contributed by atoms with E-state index in [1.165, 1.54) is 0 Å². The van der Waals surface area contributed by atoms with Gasteiger partial charge in [0.1, 0.15) is 0 Å². The van der Waals surface area contributed by atoms with Gasteiger partial charge in [0, 0.05) is 18.1 Å². The highest BCUT2D eigenvalue weighted by molar-refractivity contribution is 5.96. The fourth-order valence-electron chi connectivity index (χ4n) is 2.35. The second-order valence-electron chi connectivity index (χ2n) is 4.75. The number of anilines is 1. The number of rotatable bonds is 2. The molecular weight excluding hydrogens is 240 g/mol. The predicted molar refractivity (Wildman–Crippen MR) is 73.8 cm³/mol. The first-order valence-corrected chi connectivity index (χ1v) is 6.58. The van der Waals surface area contributed by atoms with E-state index in [-0.39, 0.29) is 11.9 Å². The van der Waals surface area contributed by atoms with E-state index in [0.717, 1.165) is 42.5 Å². The molecule has 1 saturated heterocycles. The van der Waals surface area contributed by atoms with Crippen LogP contribution in [0.1, 0.15) is 19.3 Å². The zero-order valence-corrected chi connectivity index (χ0v) is 10.6. The number of piperidine rings is 1. The average molecular weight is 256 g/mol. The molecule has 1 fully saturated rings. The summed E-state index contributed by atoms with van der Waals surface area (Å²) in [7, 11) is 0. The maximum atomic E-state index is 12.1. The zero-order chi connectivity index (χ0) is 13.1. The van der Waals surface area contributed by atoms with Gasteiger partial charge in [-0.1, -0.05) is 6.42 Å². The van der Waals surface area contributed by atoms with Crippen molar-refractivity contribution in [3.8, 4) is 0 Å². The second kappa shape index (κ2) is 5.32. The number of carbonyl (C=O) groups excluding carboxylic acids is 1. The Kier molecular flexibility index (Phi) is 3.37. The molecule has 98 valence electrons. The van der Waals surface area contributed by atoms with Crippen molar-refractivity contribution < 1.29 is 4.79 Å². The number of benzene rings is 1. The van der Waals surface area contributed by atoms with Crippen LogP contribution in [0, 0.1) is 0 Å². The molecule has 0 saturated carbocycles. The van der Waals surface area contributed by atoms with Crippen LogP contribution in [0.4, 0.5) is 5.69 Å². The predicted octanol–water partition coefficient (Wildman–Crippen LogP) is 1.71. The van der Waals surface area contributed by atoms with Crippen LogP contribution in [-0.2, 0) is 4.79 Å². The van der Waals surface area contributed by atoms with E-state index in [4.69, 9.17) is 0 Å². The Bertz CT molecular complexity index is 593. The third kappa shape index (κ3) is 2.71. The van der Waals surface area contributed by atoms with Gasteiger partial charge in [-0.2, -0.15) is 0 Å². The highest BCUT2D eigenvalue weighted by Crippen LogP contribution is 2.16. The molecule has 0 spiro atoms. The summed E-state index contributed by atoms with van der Waals surface area (Å²) in [5, 5.41) is 6.17. The van der Waals surface area contributed by atoms with E-state index in [1.807, 2.05) is 18.2 Å². The summed E-state index contributed by atoms with van der Waals surface area (Å²) in [5.41, 5.74) is 2.39. The fraction of sp³-hybridized carbons (Fsp3) is 0.357. The molecule has 2 heterocycles. The lowest BCUT2D eigenvalue weighted by Crippen LogP contribution is -2.43. The Balaban J connectivity index is 1.75. The van der Waals surface area contributed by atoms with Crippen molar-refractivity contribution >= 4 is 22.6 Å². The van der Waals surface area contributed by atoms with E-state index < -0.39 is 0 Å². The van der Waals surface area contributed by atoms with Gasteiger partial charge in [-0.15, -0.1) is 0 Å². The van der Waals surface area contributed by atoms with Gasteiger partial charge in [-0.3, -0.25) is 14.8 Å². The summed E-state index contributed by atoms with van der Waals surface area (Å²) in [6.45, 7) is 0.918. The second-order valence-corrected chi connectivity index (χ2v) is 4.75. The minimum Gasteiger partial charge on any atom is -0.325 e. The number of aromatic nitrogens is 2.